The highest BCUT2D eigenvalue weighted by Crippen LogP contribution is 2.23. The molecule has 0 saturated heterocycles. The fraction of sp³-hybridized carbons (Fsp3) is 0. The van der Waals surface area contributed by atoms with Crippen LogP contribution in [0, 0.1) is 0 Å². The molecule has 2 amide bonds. The van der Waals surface area contributed by atoms with Crippen molar-refractivity contribution in [3.63, 3.8) is 0 Å². The predicted octanol–water partition coefficient (Wildman–Crippen LogP) is 0.391. The van der Waals surface area contributed by atoms with Gasteiger partial charge in [-0.25, -0.2) is 14.3 Å². The molecule has 0 bridgehead atoms. The summed E-state index contributed by atoms with van der Waals surface area (Å²) in [6.07, 6.45) is 2.51. The Labute approximate surface area is 133 Å². The van der Waals surface area contributed by atoms with Gasteiger partial charge in [-0.05, 0) is 12.1 Å². The highest BCUT2D eigenvalue weighted by Gasteiger charge is 2.39. The normalized spacial score (nSPS) is 13.4. The van der Waals surface area contributed by atoms with Crippen molar-refractivity contribution in [1.29, 1.82) is 0 Å². The first-order valence-corrected chi connectivity index (χ1v) is 6.83. The van der Waals surface area contributed by atoms with Gasteiger partial charge in [0.2, 0.25) is 0 Å². The van der Waals surface area contributed by atoms with Gasteiger partial charge in [0, 0.05) is 18.5 Å². The number of benzene rings is 1. The fourth-order valence-electron chi connectivity index (χ4n) is 2.42. The Morgan fingerprint density at radius 2 is 1.71 bits per heavy atom. The van der Waals surface area contributed by atoms with Crippen LogP contribution in [0.15, 0.2) is 47.5 Å². The molecule has 1 aliphatic rings. The zero-order chi connectivity index (χ0) is 16.8. The second-order valence-corrected chi connectivity index (χ2v) is 4.96. The van der Waals surface area contributed by atoms with Crippen LogP contribution in [0.4, 0.5) is 0 Å². The van der Waals surface area contributed by atoms with Crippen LogP contribution in [0.3, 0.4) is 0 Å². The monoisotopic (exact) mass is 324 g/mol. The van der Waals surface area contributed by atoms with E-state index in [1.165, 1.54) is 18.3 Å². The minimum atomic E-state index is -1.15. The van der Waals surface area contributed by atoms with Crippen molar-refractivity contribution >= 4 is 23.4 Å². The Morgan fingerprint density at radius 3 is 2.38 bits per heavy atom. The molecule has 3 heterocycles. The molecule has 3 aromatic rings. The number of amides is 2. The lowest BCUT2D eigenvalue weighted by Gasteiger charge is -2.12. The highest BCUT2D eigenvalue weighted by atomic mass is 16.7. The van der Waals surface area contributed by atoms with Crippen LogP contribution in [-0.2, 0) is 4.84 Å². The minimum absolute atomic E-state index is 0.130. The molecule has 9 heteroatoms. The van der Waals surface area contributed by atoms with Crippen LogP contribution < -0.4 is 5.56 Å². The quantitative estimate of drug-likeness (QED) is 0.682. The van der Waals surface area contributed by atoms with Crippen LogP contribution in [0.25, 0.3) is 5.65 Å². The Hall–Kier alpha value is -3.75. The summed E-state index contributed by atoms with van der Waals surface area (Å²) in [4.78, 5) is 57.4. The second-order valence-electron chi connectivity index (χ2n) is 4.96. The second kappa shape index (κ2) is 4.88. The third kappa shape index (κ3) is 1.85. The molecule has 118 valence electrons. The summed E-state index contributed by atoms with van der Waals surface area (Å²) in [5.74, 6) is -2.68. The van der Waals surface area contributed by atoms with Crippen molar-refractivity contribution in [3.05, 3.63) is 69.8 Å². The molecular weight excluding hydrogens is 316 g/mol. The van der Waals surface area contributed by atoms with Crippen LogP contribution >= 0.6 is 0 Å². The van der Waals surface area contributed by atoms with E-state index in [1.807, 2.05) is 0 Å². The average molecular weight is 324 g/mol. The number of hydrogen-bond acceptors (Lipinski definition) is 6. The van der Waals surface area contributed by atoms with Gasteiger partial charge in [0.25, 0.3) is 17.4 Å². The molecule has 24 heavy (non-hydrogen) atoms. The summed E-state index contributed by atoms with van der Waals surface area (Å²) >= 11 is 0. The number of carbonyl (C=O) groups is 3. The zero-order valence-corrected chi connectivity index (χ0v) is 11.9. The van der Waals surface area contributed by atoms with Crippen molar-refractivity contribution in [3.8, 4) is 0 Å². The lowest BCUT2D eigenvalue weighted by molar-refractivity contribution is -0.0586. The largest absolute Gasteiger partial charge is 0.371 e. The first-order valence-electron chi connectivity index (χ1n) is 6.83. The van der Waals surface area contributed by atoms with E-state index < -0.39 is 28.9 Å². The molecule has 0 radical (unpaired) electrons. The lowest BCUT2D eigenvalue weighted by atomic mass is 10.1. The maximum absolute atomic E-state index is 12.2. The van der Waals surface area contributed by atoms with Gasteiger partial charge in [-0.2, -0.15) is 0 Å². The summed E-state index contributed by atoms with van der Waals surface area (Å²) in [6.45, 7) is 0. The molecule has 0 saturated carbocycles. The van der Waals surface area contributed by atoms with E-state index in [1.54, 1.807) is 18.2 Å². The topological polar surface area (TPSA) is 114 Å². The van der Waals surface area contributed by atoms with Gasteiger partial charge >= 0.3 is 5.97 Å². The fourth-order valence-corrected chi connectivity index (χ4v) is 2.42. The maximum atomic E-state index is 12.2. The smallest absolute Gasteiger partial charge is 0.324 e. The van der Waals surface area contributed by atoms with Crippen LogP contribution in [0.2, 0.25) is 0 Å². The van der Waals surface area contributed by atoms with Crippen molar-refractivity contribution in [1.82, 2.24) is 19.7 Å². The van der Waals surface area contributed by atoms with Crippen molar-refractivity contribution < 1.29 is 19.2 Å². The minimum Gasteiger partial charge on any atom is -0.324 e. The third-order valence-corrected chi connectivity index (χ3v) is 3.58. The summed E-state index contributed by atoms with van der Waals surface area (Å²) in [7, 11) is 0. The van der Waals surface area contributed by atoms with Crippen LogP contribution in [0.5, 0.6) is 0 Å². The van der Waals surface area contributed by atoms with E-state index in [4.69, 9.17) is 4.84 Å². The van der Waals surface area contributed by atoms with E-state index >= 15 is 0 Å². The maximum Gasteiger partial charge on any atom is 0.371 e. The Morgan fingerprint density at radius 1 is 1.04 bits per heavy atom. The highest BCUT2D eigenvalue weighted by molar-refractivity contribution is 6.21. The van der Waals surface area contributed by atoms with Crippen LogP contribution in [-0.4, -0.2) is 37.4 Å². The van der Waals surface area contributed by atoms with E-state index in [0.29, 0.717) is 10.7 Å². The Kier molecular flexibility index (Phi) is 2.82. The number of nitrogens with one attached hydrogen (secondary N) is 1. The molecule has 0 aliphatic carbocycles. The standard InChI is InChI=1S/C15H8N4O5/c20-12-10(7-16-11-5-6-17-18(11)12)15(23)24-19-13(21)8-3-1-2-4-9(8)14(19)22/h1-7,17H. The van der Waals surface area contributed by atoms with Gasteiger partial charge < -0.3 is 4.84 Å². The molecular formula is C15H8N4O5. The number of fused-ring (bicyclic) bond motifs is 2. The number of hydroxylamine groups is 2. The van der Waals surface area contributed by atoms with Gasteiger partial charge in [-0.1, -0.05) is 17.2 Å². The predicted molar refractivity (Wildman–Crippen MR) is 78.2 cm³/mol. The number of hydrogen-bond donors (Lipinski definition) is 1. The number of rotatable bonds is 2. The Balaban J connectivity index is 1.67. The molecule has 1 N–H and O–H groups in total. The van der Waals surface area contributed by atoms with Gasteiger partial charge in [-0.3, -0.25) is 19.5 Å². The molecule has 0 unspecified atom stereocenters. The summed E-state index contributed by atoms with van der Waals surface area (Å²) in [5.41, 5.74) is -0.537. The van der Waals surface area contributed by atoms with Crippen molar-refractivity contribution in [2.24, 2.45) is 0 Å². The average Bonchev–Trinajstić information content (AvgIpc) is 3.15. The van der Waals surface area contributed by atoms with E-state index in [0.717, 1.165) is 10.7 Å². The van der Waals surface area contributed by atoms with Gasteiger partial charge in [0.15, 0.2) is 5.65 Å². The summed E-state index contributed by atoms with van der Waals surface area (Å²) < 4.78 is 1.04. The van der Waals surface area contributed by atoms with Crippen LogP contribution in [0.1, 0.15) is 31.1 Å². The molecule has 1 aromatic carbocycles. The molecule has 0 spiro atoms. The van der Waals surface area contributed by atoms with Gasteiger partial charge in [-0.15, -0.1) is 0 Å². The van der Waals surface area contributed by atoms with Gasteiger partial charge in [0.05, 0.1) is 11.1 Å². The molecule has 1 aliphatic heterocycles. The van der Waals surface area contributed by atoms with Gasteiger partial charge in [0.1, 0.15) is 5.56 Å². The molecule has 4 rings (SSSR count). The Bertz CT molecular complexity index is 1050. The van der Waals surface area contributed by atoms with Crippen molar-refractivity contribution in [2.45, 2.75) is 0 Å². The third-order valence-electron chi connectivity index (χ3n) is 3.58. The number of aromatic amines is 1. The number of imide groups is 1. The molecule has 0 fully saturated rings. The lowest BCUT2D eigenvalue weighted by Crippen LogP contribution is -2.35. The number of nitrogens with zero attached hydrogens (tertiary/aromatic N) is 3. The first kappa shape index (κ1) is 13.9. The zero-order valence-electron chi connectivity index (χ0n) is 11.9. The number of H-pyrrole nitrogens is 1. The molecule has 9 nitrogen and oxygen atoms in total. The van der Waals surface area contributed by atoms with E-state index in [-0.39, 0.29) is 11.1 Å². The summed E-state index contributed by atoms with van der Waals surface area (Å²) in [5, 5.41) is 2.94. The molecule has 2 aromatic heterocycles. The van der Waals surface area contributed by atoms with Crippen molar-refractivity contribution in [2.75, 3.05) is 0 Å². The first-order chi connectivity index (χ1) is 11.6. The SMILES string of the molecule is O=C(ON1C(=O)c2ccccc2C1=O)c1cnc2cc[nH]n2c1=O. The van der Waals surface area contributed by atoms with E-state index in [2.05, 4.69) is 10.1 Å². The summed E-state index contributed by atoms with van der Waals surface area (Å²) in [6, 6.07) is 7.62. The number of aromatic nitrogens is 3. The number of carbonyl (C=O) groups excluding carboxylic acids is 3. The molecule has 0 atom stereocenters. The van der Waals surface area contributed by atoms with E-state index in [9.17, 15) is 19.2 Å².